The lowest BCUT2D eigenvalue weighted by Gasteiger charge is -2.29. The molecule has 4 unspecified atom stereocenters. The molecule has 0 radical (unpaired) electrons. The van der Waals surface area contributed by atoms with Crippen molar-refractivity contribution < 1.29 is 28.7 Å². The summed E-state index contributed by atoms with van der Waals surface area (Å²) >= 11 is 0. The highest BCUT2D eigenvalue weighted by Crippen LogP contribution is 2.43. The van der Waals surface area contributed by atoms with E-state index in [1.165, 1.54) is 25.3 Å². The summed E-state index contributed by atoms with van der Waals surface area (Å²) in [4.78, 5) is 72.1. The molecule has 2 fully saturated rings. The Hall–Kier alpha value is -6.32. The first-order valence-electron chi connectivity index (χ1n) is 21.9. The van der Waals surface area contributed by atoms with Crippen molar-refractivity contribution in [1.82, 2.24) is 40.4 Å². The van der Waals surface area contributed by atoms with Gasteiger partial charge in [-0.1, -0.05) is 45.9 Å². The van der Waals surface area contributed by atoms with Gasteiger partial charge in [-0.05, 0) is 103 Å². The minimum absolute atomic E-state index is 0.101. The zero-order valence-corrected chi connectivity index (χ0v) is 36.1. The van der Waals surface area contributed by atoms with Crippen LogP contribution in [0, 0.1) is 11.8 Å². The highest BCUT2D eigenvalue weighted by atomic mass is 16.5. The largest absolute Gasteiger partial charge is 0.453 e. The predicted octanol–water partition coefficient (Wildman–Crippen LogP) is 6.95. The van der Waals surface area contributed by atoms with Gasteiger partial charge in [-0.25, -0.2) is 19.6 Å². The second-order valence-electron chi connectivity index (χ2n) is 17.9. The first-order valence-corrected chi connectivity index (χ1v) is 21.9. The number of hydrogen-bond acceptors (Lipinski definition) is 10. The molecule has 6 N–H and O–H groups in total. The Bertz CT molecular complexity index is 2340. The van der Waals surface area contributed by atoms with Gasteiger partial charge in [0.1, 0.15) is 23.7 Å². The molecule has 4 aliphatic rings. The number of carbonyl (C=O) groups excluding carboxylic acids is 4. The van der Waals surface area contributed by atoms with Gasteiger partial charge in [-0.15, -0.1) is 0 Å². The molecule has 5 aromatic rings. The van der Waals surface area contributed by atoms with Crippen molar-refractivity contribution in [3.8, 4) is 0 Å². The zero-order chi connectivity index (χ0) is 43.4. The molecule has 0 bridgehead atoms. The molecule has 6 atom stereocenters. The third-order valence-corrected chi connectivity index (χ3v) is 13.2. The van der Waals surface area contributed by atoms with Crippen molar-refractivity contribution in [2.75, 3.05) is 37.9 Å². The number of anilines is 2. The highest BCUT2D eigenvalue weighted by Gasteiger charge is 2.39. The average molecular weight is 845 g/mol. The molecule has 2 aromatic heterocycles. The van der Waals surface area contributed by atoms with Crippen molar-refractivity contribution in [3.05, 3.63) is 82.4 Å². The fourth-order valence-electron chi connectivity index (χ4n) is 9.85. The average Bonchev–Trinajstić information content (AvgIpc) is 4.12. The number of aromatic amines is 2. The van der Waals surface area contributed by atoms with E-state index < -0.39 is 24.3 Å². The van der Waals surface area contributed by atoms with E-state index in [0.717, 1.165) is 94.7 Å². The maximum absolute atomic E-state index is 13.7. The van der Waals surface area contributed by atoms with Crippen LogP contribution in [0.15, 0.2) is 48.5 Å². The molecule has 3 aromatic carbocycles. The molecule has 16 heteroatoms. The van der Waals surface area contributed by atoms with Crippen LogP contribution in [0.1, 0.15) is 111 Å². The normalized spacial score (nSPS) is 21.5. The van der Waals surface area contributed by atoms with Crippen LogP contribution in [-0.2, 0) is 31.9 Å². The summed E-state index contributed by atoms with van der Waals surface area (Å²) in [6.45, 7) is 8.86. The number of amides is 4. The number of imidazole rings is 2. The third-order valence-electron chi connectivity index (χ3n) is 13.2. The van der Waals surface area contributed by atoms with Crippen LogP contribution in [0.2, 0.25) is 0 Å². The number of alkyl carbamates (subject to hydrolysis) is 2. The first kappa shape index (κ1) is 41.1. The maximum atomic E-state index is 13.7. The van der Waals surface area contributed by atoms with Gasteiger partial charge in [0, 0.05) is 24.5 Å². The summed E-state index contributed by atoms with van der Waals surface area (Å²) in [5, 5.41) is 13.0. The van der Waals surface area contributed by atoms with Crippen LogP contribution in [-0.4, -0.2) is 93.1 Å². The third kappa shape index (κ3) is 7.64. The van der Waals surface area contributed by atoms with Gasteiger partial charge < -0.3 is 50.5 Å². The zero-order valence-electron chi connectivity index (χ0n) is 36.1. The molecule has 4 amide bonds. The predicted molar refractivity (Wildman–Crippen MR) is 234 cm³/mol. The van der Waals surface area contributed by atoms with E-state index in [2.05, 4.69) is 67.6 Å². The fraction of sp³-hybridized carbons (Fsp3) is 0.478. The summed E-state index contributed by atoms with van der Waals surface area (Å²) in [7, 11) is 2.60. The molecule has 0 saturated carbocycles. The number of carbonyl (C=O) groups is 4. The summed E-state index contributed by atoms with van der Waals surface area (Å²) in [5.74, 6) is 1.06. The molecular weight excluding hydrogens is 789 g/mol. The summed E-state index contributed by atoms with van der Waals surface area (Å²) in [6.07, 6.45) is 3.78. The standard InChI is InChI=1S/C46H56N10O6/c1-23(2)39(53-45(59)61-5)43(57)55-15-7-9-37(55)41-49-29-13-11-25(18-35(29)51-41)31-20-27-17-28-21-32(48-34(28)22-33(27)47-31)26-12-14-30-36(19-26)52-42(50-30)38-10-8-16-56(38)44(58)40(24(3)4)54-46(60)62-6/h11-14,17-19,22-24,31-32,37-40,47-48H,7-10,15-16,20-21H2,1-6H3,(H,49,51)(H,50,52)(H,53,59)(H,54,60)/t31?,32?,37?,38?,39-,40+. The Balaban J connectivity index is 0.861. The van der Waals surface area contributed by atoms with Crippen LogP contribution < -0.4 is 21.3 Å². The molecule has 0 spiro atoms. The molecular formula is C46H56N10O6. The number of hydrogen-bond donors (Lipinski definition) is 6. The monoisotopic (exact) mass is 844 g/mol. The van der Waals surface area contributed by atoms with E-state index in [0.29, 0.717) is 13.1 Å². The van der Waals surface area contributed by atoms with Gasteiger partial charge >= 0.3 is 12.2 Å². The van der Waals surface area contributed by atoms with E-state index in [4.69, 9.17) is 19.4 Å². The number of methoxy groups -OCH3 is 2. The minimum Gasteiger partial charge on any atom is -0.453 e. The number of aromatic nitrogens is 4. The molecule has 4 aliphatic heterocycles. The van der Waals surface area contributed by atoms with Crippen LogP contribution in [0.3, 0.4) is 0 Å². The number of rotatable bonds is 10. The van der Waals surface area contributed by atoms with Gasteiger partial charge in [0.2, 0.25) is 11.8 Å². The number of fused-ring (bicyclic) bond motifs is 4. The summed E-state index contributed by atoms with van der Waals surface area (Å²) in [6, 6.07) is 15.7. The van der Waals surface area contributed by atoms with Gasteiger partial charge in [0.15, 0.2) is 0 Å². The molecule has 2 saturated heterocycles. The van der Waals surface area contributed by atoms with Gasteiger partial charge in [0.25, 0.3) is 0 Å². The Morgan fingerprint density at radius 3 is 1.48 bits per heavy atom. The number of nitrogens with zero attached hydrogens (tertiary/aromatic N) is 4. The molecule has 16 nitrogen and oxygen atoms in total. The lowest BCUT2D eigenvalue weighted by Crippen LogP contribution is -2.51. The number of ether oxygens (including phenoxy) is 2. The summed E-state index contributed by atoms with van der Waals surface area (Å²) < 4.78 is 9.58. The Labute approximate surface area is 360 Å². The van der Waals surface area contributed by atoms with E-state index in [9.17, 15) is 19.2 Å². The SMILES string of the molecule is COC(=O)N[C@H](C(=O)N1CCCC1c1nc2ccc(C3Cc4cc5c(cc4N3)NC(c3ccc4nc(C6CCCN6C(=O)[C@H](NC(=O)OC)C(C)C)[nH]c4c3)C5)cc2[nH]1)C(C)C. The molecule has 0 aliphatic carbocycles. The Morgan fingerprint density at radius 1 is 0.645 bits per heavy atom. The lowest BCUT2D eigenvalue weighted by atomic mass is 9.98. The highest BCUT2D eigenvalue weighted by molar-refractivity contribution is 5.88. The Morgan fingerprint density at radius 2 is 1.08 bits per heavy atom. The first-order chi connectivity index (χ1) is 29.9. The van der Waals surface area contributed by atoms with E-state index in [1.54, 1.807) is 0 Å². The van der Waals surface area contributed by atoms with E-state index in [1.807, 2.05) is 49.6 Å². The van der Waals surface area contributed by atoms with Gasteiger partial charge in [-0.2, -0.15) is 0 Å². The smallest absolute Gasteiger partial charge is 0.407 e. The van der Waals surface area contributed by atoms with Gasteiger partial charge in [0.05, 0.1) is 60.5 Å². The molecule has 6 heterocycles. The topological polar surface area (TPSA) is 199 Å². The van der Waals surface area contributed by atoms with Crippen molar-refractivity contribution in [2.24, 2.45) is 11.8 Å². The number of benzene rings is 3. The Kier molecular flexibility index (Phi) is 10.9. The lowest BCUT2D eigenvalue weighted by molar-refractivity contribution is -0.136. The minimum atomic E-state index is -0.685. The number of nitrogens with one attached hydrogen (secondary N) is 6. The number of likely N-dealkylation sites (tertiary alicyclic amines) is 2. The van der Waals surface area contributed by atoms with Crippen molar-refractivity contribution >= 4 is 57.4 Å². The van der Waals surface area contributed by atoms with E-state index in [-0.39, 0.29) is 47.8 Å². The molecule has 62 heavy (non-hydrogen) atoms. The van der Waals surface area contributed by atoms with Crippen LogP contribution in [0.4, 0.5) is 21.0 Å². The van der Waals surface area contributed by atoms with Crippen molar-refractivity contribution in [3.63, 3.8) is 0 Å². The fourth-order valence-corrected chi connectivity index (χ4v) is 9.85. The van der Waals surface area contributed by atoms with Crippen molar-refractivity contribution in [1.29, 1.82) is 0 Å². The number of H-pyrrole nitrogens is 2. The molecule has 326 valence electrons. The second kappa shape index (κ2) is 16.5. The van der Waals surface area contributed by atoms with Crippen LogP contribution >= 0.6 is 0 Å². The van der Waals surface area contributed by atoms with Crippen LogP contribution in [0.25, 0.3) is 22.1 Å². The van der Waals surface area contributed by atoms with Gasteiger partial charge in [-0.3, -0.25) is 9.59 Å². The maximum Gasteiger partial charge on any atom is 0.407 e. The van der Waals surface area contributed by atoms with E-state index >= 15 is 0 Å². The second-order valence-corrected chi connectivity index (χ2v) is 17.9. The quantitative estimate of drug-likeness (QED) is 0.0856. The molecule has 9 rings (SSSR count). The van der Waals surface area contributed by atoms with Crippen LogP contribution in [0.5, 0.6) is 0 Å². The van der Waals surface area contributed by atoms with Crippen molar-refractivity contribution in [2.45, 2.75) is 102 Å². The summed E-state index contributed by atoms with van der Waals surface area (Å²) in [5.41, 5.74) is 10.7.